The van der Waals surface area contributed by atoms with Gasteiger partial charge in [-0.05, 0) is 40.5 Å². The smallest absolute Gasteiger partial charge is 0.212 e. The van der Waals surface area contributed by atoms with Crippen LogP contribution < -0.4 is 4.74 Å². The molecule has 1 aromatic heterocycles. The van der Waals surface area contributed by atoms with Crippen molar-refractivity contribution in [3.63, 3.8) is 0 Å². The lowest BCUT2D eigenvalue weighted by molar-refractivity contribution is 0.398. The van der Waals surface area contributed by atoms with E-state index in [1.54, 1.807) is 7.11 Å². The zero-order valence-electron chi connectivity index (χ0n) is 14.6. The molecule has 2 nitrogen and oxygen atoms in total. The monoisotopic (exact) mass is 297 g/mol. The van der Waals surface area contributed by atoms with Crippen molar-refractivity contribution in [2.75, 3.05) is 7.11 Å². The average molecular weight is 297 g/mol. The van der Waals surface area contributed by atoms with Gasteiger partial charge in [-0.1, -0.05) is 52.8 Å². The molecular formula is C20H27NO. The molecule has 118 valence electrons. The normalized spacial score (nSPS) is 11.8. The van der Waals surface area contributed by atoms with Crippen molar-refractivity contribution in [2.45, 2.75) is 46.5 Å². The summed E-state index contributed by atoms with van der Waals surface area (Å²) >= 11 is 0. The van der Waals surface area contributed by atoms with Gasteiger partial charge in [-0.15, -0.1) is 0 Å². The minimum atomic E-state index is 0.0995. The number of aromatic nitrogens is 1. The summed E-state index contributed by atoms with van der Waals surface area (Å²) in [5.41, 5.74) is 5.28. The van der Waals surface area contributed by atoms with Gasteiger partial charge in [0.2, 0.25) is 5.88 Å². The Morgan fingerprint density at radius 1 is 1.09 bits per heavy atom. The maximum Gasteiger partial charge on any atom is 0.212 e. The quantitative estimate of drug-likeness (QED) is 0.768. The molecule has 22 heavy (non-hydrogen) atoms. The summed E-state index contributed by atoms with van der Waals surface area (Å²) in [6, 6.07) is 10.8. The fraction of sp³-hybridized carbons (Fsp3) is 0.450. The van der Waals surface area contributed by atoms with Gasteiger partial charge in [0.15, 0.2) is 0 Å². The highest BCUT2D eigenvalue weighted by atomic mass is 16.5. The van der Waals surface area contributed by atoms with Crippen molar-refractivity contribution in [1.29, 1.82) is 0 Å². The Bertz CT molecular complexity index is 621. The van der Waals surface area contributed by atoms with Crippen LogP contribution >= 0.6 is 0 Å². The molecule has 0 unspecified atom stereocenters. The minimum absolute atomic E-state index is 0.0995. The maximum absolute atomic E-state index is 5.15. The van der Waals surface area contributed by atoms with Crippen LogP contribution in [0.3, 0.4) is 0 Å². The van der Waals surface area contributed by atoms with Crippen LogP contribution in [0, 0.1) is 5.92 Å². The number of hydrogen-bond acceptors (Lipinski definition) is 2. The molecule has 0 saturated heterocycles. The Morgan fingerprint density at radius 2 is 1.82 bits per heavy atom. The van der Waals surface area contributed by atoms with E-state index < -0.39 is 0 Å². The zero-order valence-corrected chi connectivity index (χ0v) is 14.6. The summed E-state index contributed by atoms with van der Waals surface area (Å²) in [5.74, 6) is 1.32. The van der Waals surface area contributed by atoms with Gasteiger partial charge in [0, 0.05) is 17.8 Å². The van der Waals surface area contributed by atoms with Gasteiger partial charge < -0.3 is 4.74 Å². The molecule has 2 heteroatoms. The molecule has 0 atom stereocenters. The number of benzene rings is 1. The Morgan fingerprint density at radius 3 is 2.32 bits per heavy atom. The minimum Gasteiger partial charge on any atom is -0.481 e. The number of pyridine rings is 1. The van der Waals surface area contributed by atoms with Crippen molar-refractivity contribution < 1.29 is 4.74 Å². The number of hydrogen-bond donors (Lipinski definition) is 0. The van der Waals surface area contributed by atoms with E-state index in [2.05, 4.69) is 63.9 Å². The van der Waals surface area contributed by atoms with E-state index in [0.29, 0.717) is 11.8 Å². The summed E-state index contributed by atoms with van der Waals surface area (Å²) < 4.78 is 5.15. The predicted molar refractivity (Wildman–Crippen MR) is 93.5 cm³/mol. The van der Waals surface area contributed by atoms with Crippen molar-refractivity contribution in [2.24, 2.45) is 5.92 Å². The molecule has 0 aliphatic heterocycles. The predicted octanol–water partition coefficient (Wildman–Crippen LogP) is 5.25. The molecule has 1 heterocycles. The first-order valence-corrected chi connectivity index (χ1v) is 7.95. The molecular weight excluding hydrogens is 270 g/mol. The second-order valence-corrected chi connectivity index (χ2v) is 7.32. The Labute approximate surface area is 134 Å². The van der Waals surface area contributed by atoms with Crippen LogP contribution in [-0.2, 0) is 11.8 Å². The lowest BCUT2D eigenvalue weighted by Crippen LogP contribution is -2.13. The van der Waals surface area contributed by atoms with E-state index >= 15 is 0 Å². The molecule has 0 radical (unpaired) electrons. The first-order chi connectivity index (χ1) is 10.3. The molecule has 2 rings (SSSR count). The third-order valence-corrected chi connectivity index (χ3v) is 3.79. The molecule has 1 aromatic carbocycles. The number of ether oxygens (including phenoxy) is 1. The fourth-order valence-corrected chi connectivity index (χ4v) is 2.72. The van der Waals surface area contributed by atoms with Crippen LogP contribution in [0.2, 0.25) is 0 Å². The van der Waals surface area contributed by atoms with Crippen LogP contribution in [0.5, 0.6) is 5.88 Å². The zero-order chi connectivity index (χ0) is 16.3. The van der Waals surface area contributed by atoms with Gasteiger partial charge in [0.25, 0.3) is 0 Å². The number of methoxy groups -OCH3 is 1. The highest BCUT2D eigenvalue weighted by molar-refractivity contribution is 5.68. The summed E-state index contributed by atoms with van der Waals surface area (Å²) in [4.78, 5) is 4.35. The largest absolute Gasteiger partial charge is 0.481 e. The highest BCUT2D eigenvalue weighted by Crippen LogP contribution is 2.34. The van der Waals surface area contributed by atoms with Crippen molar-refractivity contribution in [3.05, 3.63) is 47.7 Å². The van der Waals surface area contributed by atoms with Gasteiger partial charge >= 0.3 is 0 Å². The molecule has 0 aliphatic rings. The summed E-state index contributed by atoms with van der Waals surface area (Å²) in [7, 11) is 1.64. The summed E-state index contributed by atoms with van der Waals surface area (Å²) in [6.07, 6.45) is 3.01. The molecule has 0 bridgehead atoms. The number of nitrogens with zero attached hydrogens (tertiary/aromatic N) is 1. The fourth-order valence-electron chi connectivity index (χ4n) is 2.72. The van der Waals surface area contributed by atoms with Crippen molar-refractivity contribution in [1.82, 2.24) is 4.98 Å². The van der Waals surface area contributed by atoms with E-state index in [4.69, 9.17) is 4.74 Å². The van der Waals surface area contributed by atoms with E-state index in [9.17, 15) is 0 Å². The molecule has 2 aromatic rings. The van der Waals surface area contributed by atoms with Crippen molar-refractivity contribution >= 4 is 0 Å². The number of rotatable bonds is 4. The highest BCUT2D eigenvalue weighted by Gasteiger charge is 2.19. The van der Waals surface area contributed by atoms with E-state index in [1.165, 1.54) is 16.7 Å². The molecule has 0 spiro atoms. The molecule has 0 aliphatic carbocycles. The second kappa shape index (κ2) is 6.51. The van der Waals surface area contributed by atoms with Crippen LogP contribution in [-0.4, -0.2) is 12.1 Å². The lowest BCUT2D eigenvalue weighted by atomic mass is 9.80. The second-order valence-electron chi connectivity index (χ2n) is 7.32. The van der Waals surface area contributed by atoms with Gasteiger partial charge in [-0.3, -0.25) is 0 Å². The van der Waals surface area contributed by atoms with E-state index in [1.807, 2.05) is 12.3 Å². The third-order valence-electron chi connectivity index (χ3n) is 3.79. The van der Waals surface area contributed by atoms with Crippen LogP contribution in [0.1, 0.15) is 45.7 Å². The molecule has 0 amide bonds. The third kappa shape index (κ3) is 3.88. The lowest BCUT2D eigenvalue weighted by Gasteiger charge is -2.24. The van der Waals surface area contributed by atoms with Gasteiger partial charge in [-0.2, -0.15) is 0 Å². The SMILES string of the molecule is COc1ccc(-c2ccc(CC(C)C)cc2C(C)(C)C)cn1. The Kier molecular flexibility index (Phi) is 4.90. The topological polar surface area (TPSA) is 22.1 Å². The first kappa shape index (κ1) is 16.5. The maximum atomic E-state index is 5.15. The average Bonchev–Trinajstić information content (AvgIpc) is 2.46. The summed E-state index contributed by atoms with van der Waals surface area (Å²) in [5, 5.41) is 0. The first-order valence-electron chi connectivity index (χ1n) is 7.95. The van der Waals surface area contributed by atoms with Gasteiger partial charge in [0.05, 0.1) is 7.11 Å². The molecule has 0 N–H and O–H groups in total. The Hall–Kier alpha value is -1.83. The standard InChI is InChI=1S/C20H27NO/c1-14(2)11-15-7-9-17(18(12-15)20(3,4)5)16-8-10-19(22-6)21-13-16/h7-10,12-14H,11H2,1-6H3. The van der Waals surface area contributed by atoms with Crippen LogP contribution in [0.25, 0.3) is 11.1 Å². The van der Waals surface area contributed by atoms with Gasteiger partial charge in [-0.25, -0.2) is 4.98 Å². The molecule has 0 fully saturated rings. The Balaban J connectivity index is 2.49. The van der Waals surface area contributed by atoms with Crippen molar-refractivity contribution in [3.8, 4) is 17.0 Å². The summed E-state index contributed by atoms with van der Waals surface area (Å²) in [6.45, 7) is 11.3. The molecule has 0 saturated carbocycles. The van der Waals surface area contributed by atoms with Crippen LogP contribution in [0.15, 0.2) is 36.5 Å². The van der Waals surface area contributed by atoms with E-state index in [-0.39, 0.29) is 5.41 Å². The van der Waals surface area contributed by atoms with E-state index in [0.717, 1.165) is 12.0 Å². The van der Waals surface area contributed by atoms with Gasteiger partial charge in [0.1, 0.15) is 0 Å². The van der Waals surface area contributed by atoms with Crippen LogP contribution in [0.4, 0.5) is 0 Å².